The number of benzene rings is 2. The van der Waals surface area contributed by atoms with Crippen molar-refractivity contribution in [3.63, 3.8) is 0 Å². The number of halogens is 3. The molecule has 0 bridgehead atoms. The summed E-state index contributed by atoms with van der Waals surface area (Å²) >= 11 is 1.25. The normalized spacial score (nSPS) is 11.9. The molecule has 4 rings (SSSR count). The highest BCUT2D eigenvalue weighted by Gasteiger charge is 2.30. The van der Waals surface area contributed by atoms with Gasteiger partial charge < -0.3 is 4.52 Å². The first kappa shape index (κ1) is 20.1. The third-order valence-electron chi connectivity index (χ3n) is 4.45. The molecule has 10 heteroatoms. The number of thioether (sulfide) groups is 1. The van der Waals surface area contributed by atoms with Crippen molar-refractivity contribution < 1.29 is 17.7 Å². The number of nitrogens with zero attached hydrogens (tertiary/aromatic N) is 4. The Kier molecular flexibility index (Phi) is 5.10. The van der Waals surface area contributed by atoms with Gasteiger partial charge in [0.05, 0.1) is 22.2 Å². The van der Waals surface area contributed by atoms with E-state index in [1.165, 1.54) is 28.5 Å². The molecule has 0 amide bonds. The van der Waals surface area contributed by atoms with Gasteiger partial charge in [0.25, 0.3) is 5.56 Å². The number of aromatic nitrogens is 4. The van der Waals surface area contributed by atoms with E-state index in [-0.39, 0.29) is 23.0 Å². The van der Waals surface area contributed by atoms with Crippen LogP contribution < -0.4 is 5.56 Å². The van der Waals surface area contributed by atoms with Gasteiger partial charge in [0.1, 0.15) is 0 Å². The highest BCUT2D eigenvalue weighted by Crippen LogP contribution is 2.30. The predicted octanol–water partition coefficient (Wildman–Crippen LogP) is 4.60. The molecule has 0 aliphatic heterocycles. The summed E-state index contributed by atoms with van der Waals surface area (Å²) in [5.41, 5.74) is 1.09. The second-order valence-electron chi connectivity index (χ2n) is 6.65. The first-order valence-corrected chi connectivity index (χ1v) is 9.81. The average Bonchev–Trinajstić information content (AvgIpc) is 3.18. The molecule has 2 aromatic carbocycles. The zero-order valence-corrected chi connectivity index (χ0v) is 16.7. The Balaban J connectivity index is 1.53. The summed E-state index contributed by atoms with van der Waals surface area (Å²) in [4.78, 5) is 21.3. The lowest BCUT2D eigenvalue weighted by Crippen LogP contribution is -2.20. The van der Waals surface area contributed by atoms with Gasteiger partial charge in [-0.05, 0) is 31.2 Å². The minimum Gasteiger partial charge on any atom is -0.338 e. The van der Waals surface area contributed by atoms with Crippen molar-refractivity contribution >= 4 is 22.7 Å². The molecule has 2 heterocycles. The topological polar surface area (TPSA) is 73.8 Å². The summed E-state index contributed by atoms with van der Waals surface area (Å²) in [6, 6.07) is 10.0. The van der Waals surface area contributed by atoms with Gasteiger partial charge in [-0.1, -0.05) is 40.7 Å². The third kappa shape index (κ3) is 3.95. The Hall–Kier alpha value is -3.14. The molecule has 0 unspecified atom stereocenters. The Bertz CT molecular complexity index is 1280. The second-order valence-corrected chi connectivity index (χ2v) is 7.60. The van der Waals surface area contributed by atoms with Crippen LogP contribution in [-0.2, 0) is 19.0 Å². The van der Waals surface area contributed by atoms with Crippen molar-refractivity contribution in [3.05, 3.63) is 69.8 Å². The minimum atomic E-state index is -4.40. The van der Waals surface area contributed by atoms with Gasteiger partial charge in [0.2, 0.25) is 11.7 Å². The molecule has 0 saturated carbocycles. The molecule has 0 atom stereocenters. The first-order valence-electron chi connectivity index (χ1n) is 8.83. The maximum absolute atomic E-state index is 12.7. The molecule has 2 aromatic heterocycles. The molecule has 0 fully saturated rings. The summed E-state index contributed by atoms with van der Waals surface area (Å²) in [5.74, 6) is 0.717. The van der Waals surface area contributed by atoms with Crippen molar-refractivity contribution in [2.24, 2.45) is 7.05 Å². The van der Waals surface area contributed by atoms with E-state index < -0.39 is 11.7 Å². The highest BCUT2D eigenvalue weighted by molar-refractivity contribution is 7.98. The van der Waals surface area contributed by atoms with Gasteiger partial charge in [-0.15, -0.1) is 0 Å². The van der Waals surface area contributed by atoms with Crippen molar-refractivity contribution in [3.8, 4) is 11.4 Å². The van der Waals surface area contributed by atoms with E-state index >= 15 is 0 Å². The molecule has 0 radical (unpaired) electrons. The van der Waals surface area contributed by atoms with Crippen LogP contribution in [0.15, 0.2) is 56.9 Å². The van der Waals surface area contributed by atoms with E-state index in [2.05, 4.69) is 15.1 Å². The molecule has 4 aromatic rings. The average molecular weight is 432 g/mol. The number of alkyl halides is 3. The van der Waals surface area contributed by atoms with Gasteiger partial charge in [-0.3, -0.25) is 9.36 Å². The quantitative estimate of drug-likeness (QED) is 0.347. The Morgan fingerprint density at radius 2 is 1.83 bits per heavy atom. The number of aryl methyl sites for hydroxylation is 1. The molecule has 154 valence electrons. The summed E-state index contributed by atoms with van der Waals surface area (Å²) in [6.07, 6.45) is -4.40. The van der Waals surface area contributed by atoms with Gasteiger partial charge >= 0.3 is 6.18 Å². The number of hydrogen-bond donors (Lipinski definition) is 0. The lowest BCUT2D eigenvalue weighted by atomic mass is 10.1. The van der Waals surface area contributed by atoms with Crippen LogP contribution in [0.3, 0.4) is 0 Å². The molecule has 0 aliphatic rings. The molecular weight excluding hydrogens is 417 g/mol. The van der Waals surface area contributed by atoms with Gasteiger partial charge in [0, 0.05) is 12.6 Å². The molecule has 0 saturated heterocycles. The van der Waals surface area contributed by atoms with Crippen molar-refractivity contribution in [1.82, 2.24) is 19.7 Å². The van der Waals surface area contributed by atoms with Crippen LogP contribution in [0, 0.1) is 6.92 Å². The Morgan fingerprint density at radius 1 is 1.10 bits per heavy atom. The number of hydrogen-bond acceptors (Lipinski definition) is 6. The Labute approximate surface area is 172 Å². The maximum Gasteiger partial charge on any atom is 0.416 e. The Morgan fingerprint density at radius 3 is 2.53 bits per heavy atom. The lowest BCUT2D eigenvalue weighted by Gasteiger charge is -2.08. The van der Waals surface area contributed by atoms with Crippen molar-refractivity contribution in [1.29, 1.82) is 0 Å². The fourth-order valence-corrected chi connectivity index (χ4v) is 3.67. The van der Waals surface area contributed by atoms with Crippen molar-refractivity contribution in [2.45, 2.75) is 24.0 Å². The fraction of sp³-hybridized carbons (Fsp3) is 0.200. The van der Waals surface area contributed by atoms with Gasteiger partial charge in [-0.25, -0.2) is 4.98 Å². The van der Waals surface area contributed by atoms with Gasteiger partial charge in [-0.2, -0.15) is 18.2 Å². The second kappa shape index (κ2) is 7.60. The third-order valence-corrected chi connectivity index (χ3v) is 5.47. The monoisotopic (exact) mass is 432 g/mol. The number of rotatable bonds is 4. The van der Waals surface area contributed by atoms with Crippen LogP contribution in [-0.4, -0.2) is 19.7 Å². The standard InChI is InChI=1S/C20H15F3N4O2S/c1-11-3-8-15-14(9-11)18(28)27(2)19(24-15)30-10-16-25-17(26-29-16)12-4-6-13(7-5-12)20(21,22)23/h3-9H,10H2,1-2H3. The molecule has 0 aliphatic carbocycles. The van der Waals surface area contributed by atoms with Crippen LogP contribution >= 0.6 is 11.8 Å². The van der Waals surface area contributed by atoms with E-state index in [9.17, 15) is 18.0 Å². The van der Waals surface area contributed by atoms with Crippen molar-refractivity contribution in [2.75, 3.05) is 0 Å². The van der Waals surface area contributed by atoms with E-state index in [1.54, 1.807) is 19.2 Å². The maximum atomic E-state index is 12.7. The van der Waals surface area contributed by atoms with E-state index in [0.717, 1.165) is 17.7 Å². The van der Waals surface area contributed by atoms with E-state index in [0.29, 0.717) is 21.6 Å². The van der Waals surface area contributed by atoms with Crippen LogP contribution in [0.1, 0.15) is 17.0 Å². The molecule has 0 N–H and O–H groups in total. The fourth-order valence-electron chi connectivity index (χ4n) is 2.86. The summed E-state index contributed by atoms with van der Waals surface area (Å²) < 4.78 is 44.7. The zero-order valence-electron chi connectivity index (χ0n) is 15.9. The number of fused-ring (bicyclic) bond motifs is 1. The zero-order chi connectivity index (χ0) is 21.5. The largest absolute Gasteiger partial charge is 0.416 e. The van der Waals surface area contributed by atoms with E-state index in [1.807, 2.05) is 13.0 Å². The lowest BCUT2D eigenvalue weighted by molar-refractivity contribution is -0.137. The molecule has 6 nitrogen and oxygen atoms in total. The van der Waals surface area contributed by atoms with Gasteiger partial charge in [0.15, 0.2) is 5.16 Å². The molecular formula is C20H15F3N4O2S. The summed E-state index contributed by atoms with van der Waals surface area (Å²) in [7, 11) is 1.64. The van der Waals surface area contributed by atoms with Crippen LogP contribution in [0.4, 0.5) is 13.2 Å². The summed E-state index contributed by atoms with van der Waals surface area (Å²) in [6.45, 7) is 1.91. The van der Waals surface area contributed by atoms with Crippen LogP contribution in [0.25, 0.3) is 22.3 Å². The highest BCUT2D eigenvalue weighted by atomic mass is 32.2. The smallest absolute Gasteiger partial charge is 0.338 e. The minimum absolute atomic E-state index is 0.151. The van der Waals surface area contributed by atoms with Crippen LogP contribution in [0.2, 0.25) is 0 Å². The molecule has 30 heavy (non-hydrogen) atoms. The summed E-state index contributed by atoms with van der Waals surface area (Å²) in [5, 5.41) is 4.86. The van der Waals surface area contributed by atoms with E-state index in [4.69, 9.17) is 4.52 Å². The SMILES string of the molecule is Cc1ccc2nc(SCc3nc(-c4ccc(C(F)(F)F)cc4)no3)n(C)c(=O)c2c1. The first-order chi connectivity index (χ1) is 14.2. The predicted molar refractivity (Wildman–Crippen MR) is 106 cm³/mol. The molecule has 0 spiro atoms. The van der Waals surface area contributed by atoms with Crippen LogP contribution in [0.5, 0.6) is 0 Å².